The molecule has 0 N–H and O–H groups in total. The van der Waals surface area contributed by atoms with E-state index in [4.69, 9.17) is 4.63 Å². The van der Waals surface area contributed by atoms with Gasteiger partial charge in [-0.25, -0.2) is 9.31 Å². The molecule has 1 aromatic carbocycles. The number of likely N-dealkylation sites (tertiary alicyclic amines) is 1. The summed E-state index contributed by atoms with van der Waals surface area (Å²) in [6.45, 7) is 2.49. The standard InChI is InChI=1S/C16H16N6O2/c1-11-15(19-24-18-11)14-8-5-9-21(14)16(23)13-10-22(20-17-13)12-6-3-2-4-7-12/h2-4,6-7,10,14H,5,8-9H2,1H3/t14-/m0/s1. The Morgan fingerprint density at radius 3 is 2.83 bits per heavy atom. The fourth-order valence-corrected chi connectivity index (χ4v) is 3.05. The molecule has 3 aromatic rings. The van der Waals surface area contributed by atoms with Gasteiger partial charge in [0.1, 0.15) is 11.4 Å². The molecule has 2 aromatic heterocycles. The van der Waals surface area contributed by atoms with Crippen LogP contribution in [-0.2, 0) is 0 Å². The molecule has 1 aliphatic rings. The van der Waals surface area contributed by atoms with Gasteiger partial charge in [-0.05, 0) is 31.9 Å². The van der Waals surface area contributed by atoms with Crippen molar-refractivity contribution in [2.75, 3.05) is 6.54 Å². The van der Waals surface area contributed by atoms with Crippen molar-refractivity contribution in [3.63, 3.8) is 0 Å². The van der Waals surface area contributed by atoms with Gasteiger partial charge in [-0.15, -0.1) is 5.10 Å². The summed E-state index contributed by atoms with van der Waals surface area (Å²) in [6.07, 6.45) is 3.41. The molecule has 1 atom stereocenters. The van der Waals surface area contributed by atoms with Crippen molar-refractivity contribution in [2.45, 2.75) is 25.8 Å². The van der Waals surface area contributed by atoms with Crippen molar-refractivity contribution in [3.8, 4) is 5.69 Å². The van der Waals surface area contributed by atoms with E-state index in [2.05, 4.69) is 20.6 Å². The van der Waals surface area contributed by atoms with E-state index in [-0.39, 0.29) is 11.9 Å². The fraction of sp³-hybridized carbons (Fsp3) is 0.312. The second-order valence-corrected chi connectivity index (χ2v) is 5.78. The minimum absolute atomic E-state index is 0.120. The zero-order valence-electron chi connectivity index (χ0n) is 13.2. The number of benzene rings is 1. The van der Waals surface area contributed by atoms with Gasteiger partial charge in [-0.3, -0.25) is 4.79 Å². The molecule has 24 heavy (non-hydrogen) atoms. The molecular formula is C16H16N6O2. The second kappa shape index (κ2) is 5.88. The lowest BCUT2D eigenvalue weighted by Gasteiger charge is -2.21. The first-order valence-corrected chi connectivity index (χ1v) is 7.82. The monoisotopic (exact) mass is 324 g/mol. The maximum Gasteiger partial charge on any atom is 0.276 e. The molecule has 4 rings (SSSR count). The van der Waals surface area contributed by atoms with Gasteiger partial charge in [-0.2, -0.15) is 0 Å². The van der Waals surface area contributed by atoms with Crippen LogP contribution in [0, 0.1) is 6.92 Å². The molecule has 0 spiro atoms. The first-order chi connectivity index (χ1) is 11.7. The van der Waals surface area contributed by atoms with Crippen LogP contribution < -0.4 is 0 Å². The SMILES string of the molecule is Cc1nonc1[C@@H]1CCCN1C(=O)c1cn(-c2ccccc2)nn1. The molecule has 8 nitrogen and oxygen atoms in total. The Balaban J connectivity index is 1.60. The van der Waals surface area contributed by atoms with Crippen LogP contribution in [0.15, 0.2) is 41.2 Å². The summed E-state index contributed by atoms with van der Waals surface area (Å²) in [7, 11) is 0. The molecule has 3 heterocycles. The van der Waals surface area contributed by atoms with E-state index in [0.717, 1.165) is 24.2 Å². The quantitative estimate of drug-likeness (QED) is 0.731. The Hall–Kier alpha value is -3.03. The number of nitrogens with zero attached hydrogens (tertiary/aromatic N) is 6. The van der Waals surface area contributed by atoms with Crippen LogP contribution in [0.1, 0.15) is 40.8 Å². The van der Waals surface area contributed by atoms with Crippen molar-refractivity contribution in [1.82, 2.24) is 30.2 Å². The summed E-state index contributed by atoms with van der Waals surface area (Å²) in [6, 6.07) is 9.45. The number of rotatable bonds is 3. The smallest absolute Gasteiger partial charge is 0.276 e. The number of aryl methyl sites for hydroxylation is 1. The number of hydrogen-bond donors (Lipinski definition) is 0. The summed E-state index contributed by atoms with van der Waals surface area (Å²) >= 11 is 0. The van der Waals surface area contributed by atoms with Crippen molar-refractivity contribution >= 4 is 5.91 Å². The molecule has 0 aliphatic carbocycles. The van der Waals surface area contributed by atoms with Gasteiger partial charge < -0.3 is 4.90 Å². The highest BCUT2D eigenvalue weighted by Crippen LogP contribution is 2.33. The first-order valence-electron chi connectivity index (χ1n) is 7.82. The lowest BCUT2D eigenvalue weighted by Crippen LogP contribution is -2.31. The van der Waals surface area contributed by atoms with Crippen LogP contribution >= 0.6 is 0 Å². The normalized spacial score (nSPS) is 17.4. The van der Waals surface area contributed by atoms with Gasteiger partial charge in [0.25, 0.3) is 5.91 Å². The van der Waals surface area contributed by atoms with Crippen molar-refractivity contribution in [2.24, 2.45) is 0 Å². The van der Waals surface area contributed by atoms with E-state index in [0.29, 0.717) is 17.9 Å². The van der Waals surface area contributed by atoms with Gasteiger partial charge in [0, 0.05) is 6.54 Å². The highest BCUT2D eigenvalue weighted by molar-refractivity contribution is 5.92. The third-order valence-corrected chi connectivity index (χ3v) is 4.25. The summed E-state index contributed by atoms with van der Waals surface area (Å²) in [5.74, 6) is -0.151. The van der Waals surface area contributed by atoms with Crippen LogP contribution in [-0.4, -0.2) is 42.7 Å². The van der Waals surface area contributed by atoms with Crippen LogP contribution in [0.3, 0.4) is 0 Å². The van der Waals surface area contributed by atoms with E-state index >= 15 is 0 Å². The molecule has 0 unspecified atom stereocenters. The molecule has 0 radical (unpaired) electrons. The van der Waals surface area contributed by atoms with Gasteiger partial charge in [0.05, 0.1) is 17.9 Å². The predicted molar refractivity (Wildman–Crippen MR) is 83.4 cm³/mol. The molecular weight excluding hydrogens is 308 g/mol. The molecule has 8 heteroatoms. The molecule has 0 bridgehead atoms. The largest absolute Gasteiger partial charge is 0.328 e. The number of aromatic nitrogens is 5. The highest BCUT2D eigenvalue weighted by Gasteiger charge is 2.35. The Kier molecular flexibility index (Phi) is 3.56. The van der Waals surface area contributed by atoms with E-state index in [9.17, 15) is 4.79 Å². The lowest BCUT2D eigenvalue weighted by molar-refractivity contribution is 0.0724. The minimum atomic E-state index is -0.151. The van der Waals surface area contributed by atoms with Crippen LogP contribution in [0.5, 0.6) is 0 Å². The van der Waals surface area contributed by atoms with Crippen molar-refractivity contribution in [1.29, 1.82) is 0 Å². The maximum atomic E-state index is 12.8. The Bertz CT molecular complexity index is 856. The molecule has 1 aliphatic heterocycles. The van der Waals surface area contributed by atoms with Crippen LogP contribution in [0.25, 0.3) is 5.69 Å². The van der Waals surface area contributed by atoms with Crippen LogP contribution in [0.4, 0.5) is 0 Å². The number of para-hydroxylation sites is 1. The molecule has 122 valence electrons. The van der Waals surface area contributed by atoms with Gasteiger partial charge in [-0.1, -0.05) is 33.7 Å². The van der Waals surface area contributed by atoms with Crippen molar-refractivity contribution in [3.05, 3.63) is 53.6 Å². The fourth-order valence-electron chi connectivity index (χ4n) is 3.05. The average Bonchev–Trinajstić information content (AvgIpc) is 3.35. The average molecular weight is 324 g/mol. The van der Waals surface area contributed by atoms with E-state index in [1.54, 1.807) is 15.8 Å². The van der Waals surface area contributed by atoms with Crippen molar-refractivity contribution < 1.29 is 9.42 Å². The maximum absolute atomic E-state index is 12.8. The summed E-state index contributed by atoms with van der Waals surface area (Å²) in [5, 5.41) is 15.9. The van der Waals surface area contributed by atoms with Crippen LogP contribution in [0.2, 0.25) is 0 Å². The van der Waals surface area contributed by atoms with Gasteiger partial charge >= 0.3 is 0 Å². The van der Waals surface area contributed by atoms with E-state index in [1.807, 2.05) is 37.3 Å². The highest BCUT2D eigenvalue weighted by atomic mass is 16.6. The third kappa shape index (κ3) is 2.45. The predicted octanol–water partition coefficient (Wildman–Crippen LogP) is 1.94. The van der Waals surface area contributed by atoms with Gasteiger partial charge in [0.2, 0.25) is 0 Å². The number of hydrogen-bond acceptors (Lipinski definition) is 6. The number of carbonyl (C=O) groups is 1. The van der Waals surface area contributed by atoms with E-state index in [1.165, 1.54) is 0 Å². The molecule has 0 saturated carbocycles. The zero-order chi connectivity index (χ0) is 16.5. The Labute approximate surface area is 138 Å². The first kappa shape index (κ1) is 14.6. The molecule has 1 amide bonds. The summed E-state index contributed by atoms with van der Waals surface area (Å²) in [4.78, 5) is 14.6. The number of carbonyl (C=O) groups excluding carboxylic acids is 1. The Morgan fingerprint density at radius 1 is 1.25 bits per heavy atom. The molecule has 1 saturated heterocycles. The summed E-state index contributed by atoms with van der Waals surface area (Å²) < 4.78 is 6.38. The zero-order valence-corrected chi connectivity index (χ0v) is 13.2. The molecule has 1 fully saturated rings. The Morgan fingerprint density at radius 2 is 2.08 bits per heavy atom. The third-order valence-electron chi connectivity index (χ3n) is 4.25. The number of amides is 1. The van der Waals surface area contributed by atoms with E-state index < -0.39 is 0 Å². The lowest BCUT2D eigenvalue weighted by atomic mass is 10.1. The second-order valence-electron chi connectivity index (χ2n) is 5.78. The minimum Gasteiger partial charge on any atom is -0.328 e. The van der Waals surface area contributed by atoms with Gasteiger partial charge in [0.15, 0.2) is 5.69 Å². The topological polar surface area (TPSA) is 89.9 Å². The summed E-state index contributed by atoms with van der Waals surface area (Å²) in [5.41, 5.74) is 2.61.